The first kappa shape index (κ1) is 21.3. The minimum atomic E-state index is -0.482. The van der Waals surface area contributed by atoms with Gasteiger partial charge in [-0.2, -0.15) is 5.26 Å². The van der Waals surface area contributed by atoms with Crippen molar-refractivity contribution in [2.45, 2.75) is 26.7 Å². The van der Waals surface area contributed by atoms with E-state index in [0.717, 1.165) is 16.9 Å². The van der Waals surface area contributed by atoms with Gasteiger partial charge in [0.2, 0.25) is 0 Å². The fraction of sp³-hybridized carbons (Fsp3) is 0.208. The van der Waals surface area contributed by atoms with Gasteiger partial charge in [0, 0.05) is 10.9 Å². The zero-order valence-electron chi connectivity index (χ0n) is 17.2. The third-order valence-electron chi connectivity index (χ3n) is 4.47. The van der Waals surface area contributed by atoms with Gasteiger partial charge in [-0.25, -0.2) is 4.98 Å². The lowest BCUT2D eigenvalue weighted by atomic mass is 10.0. The Morgan fingerprint density at radius 1 is 1.23 bits per heavy atom. The minimum Gasteiger partial charge on any atom is -0.493 e. The highest BCUT2D eigenvalue weighted by Gasteiger charge is 2.14. The average molecular weight is 418 g/mol. The predicted molar refractivity (Wildman–Crippen MR) is 121 cm³/mol. The zero-order chi connectivity index (χ0) is 21.5. The number of rotatable bonds is 7. The number of thiazole rings is 1. The summed E-state index contributed by atoms with van der Waals surface area (Å²) in [6.45, 7) is 6.72. The van der Waals surface area contributed by atoms with E-state index in [1.807, 2.05) is 66.9 Å². The van der Waals surface area contributed by atoms with Crippen LogP contribution >= 0.6 is 11.3 Å². The first-order chi connectivity index (χ1) is 14.5. The summed E-state index contributed by atoms with van der Waals surface area (Å²) in [7, 11) is 0. The van der Waals surface area contributed by atoms with Gasteiger partial charge in [-0.1, -0.05) is 50.2 Å². The standard InChI is InChI=1S/C24H23N3O2S/c1-4-29-22-8-6-5-7-20(22)21-15-30-24(26-21)27-23(28)19(14-25)13-17-9-11-18(12-10-17)16(2)3/h5-13,15-16H,4H2,1-3H3,(H,26,27,28)/b19-13+. The summed E-state index contributed by atoms with van der Waals surface area (Å²) in [6.07, 6.45) is 1.58. The Morgan fingerprint density at radius 3 is 2.63 bits per heavy atom. The van der Waals surface area contributed by atoms with E-state index in [0.29, 0.717) is 23.4 Å². The Balaban J connectivity index is 1.76. The summed E-state index contributed by atoms with van der Waals surface area (Å²) in [5, 5.41) is 14.4. The van der Waals surface area contributed by atoms with Crippen molar-refractivity contribution in [3.8, 4) is 23.1 Å². The van der Waals surface area contributed by atoms with E-state index in [9.17, 15) is 10.1 Å². The summed E-state index contributed by atoms with van der Waals surface area (Å²) in [5.74, 6) is 0.684. The van der Waals surface area contributed by atoms with Crippen LogP contribution < -0.4 is 10.1 Å². The monoisotopic (exact) mass is 417 g/mol. The number of anilines is 1. The summed E-state index contributed by atoms with van der Waals surface area (Å²) in [4.78, 5) is 17.1. The van der Waals surface area contributed by atoms with Crippen molar-refractivity contribution in [2.75, 3.05) is 11.9 Å². The van der Waals surface area contributed by atoms with Gasteiger partial charge in [0.15, 0.2) is 5.13 Å². The zero-order valence-corrected chi connectivity index (χ0v) is 18.0. The van der Waals surface area contributed by atoms with Crippen LogP contribution in [0.3, 0.4) is 0 Å². The number of nitrogens with one attached hydrogen (secondary N) is 1. The smallest absolute Gasteiger partial charge is 0.268 e. The molecule has 5 nitrogen and oxygen atoms in total. The molecular weight excluding hydrogens is 394 g/mol. The molecule has 1 aromatic heterocycles. The maximum Gasteiger partial charge on any atom is 0.268 e. The third kappa shape index (κ3) is 5.13. The number of benzene rings is 2. The van der Waals surface area contributed by atoms with E-state index in [-0.39, 0.29) is 5.57 Å². The highest BCUT2D eigenvalue weighted by molar-refractivity contribution is 7.14. The minimum absolute atomic E-state index is 0.0266. The van der Waals surface area contributed by atoms with Crippen molar-refractivity contribution < 1.29 is 9.53 Å². The molecular formula is C24H23N3O2S. The molecule has 0 bridgehead atoms. The lowest BCUT2D eigenvalue weighted by Gasteiger charge is -2.07. The maximum absolute atomic E-state index is 12.6. The number of amides is 1. The number of ether oxygens (including phenoxy) is 1. The molecule has 3 aromatic rings. The van der Waals surface area contributed by atoms with Crippen LogP contribution in [-0.2, 0) is 4.79 Å². The molecule has 0 aliphatic carbocycles. The van der Waals surface area contributed by atoms with E-state index >= 15 is 0 Å². The molecule has 30 heavy (non-hydrogen) atoms. The number of hydrogen-bond acceptors (Lipinski definition) is 5. The number of aromatic nitrogens is 1. The second kappa shape index (κ2) is 9.86. The number of carbonyl (C=O) groups is 1. The van der Waals surface area contributed by atoms with E-state index < -0.39 is 5.91 Å². The highest BCUT2D eigenvalue weighted by atomic mass is 32.1. The quantitative estimate of drug-likeness (QED) is 0.385. The molecule has 1 N–H and O–H groups in total. The lowest BCUT2D eigenvalue weighted by molar-refractivity contribution is -0.112. The van der Waals surface area contributed by atoms with E-state index in [2.05, 4.69) is 24.1 Å². The second-order valence-corrected chi connectivity index (χ2v) is 7.77. The third-order valence-corrected chi connectivity index (χ3v) is 5.22. The lowest BCUT2D eigenvalue weighted by Crippen LogP contribution is -2.13. The van der Waals surface area contributed by atoms with Crippen molar-refractivity contribution in [1.29, 1.82) is 5.26 Å². The molecule has 0 fully saturated rings. The van der Waals surface area contributed by atoms with Gasteiger partial charge < -0.3 is 4.74 Å². The van der Waals surface area contributed by atoms with Gasteiger partial charge in [0.1, 0.15) is 17.4 Å². The summed E-state index contributed by atoms with van der Waals surface area (Å²) in [5.41, 5.74) is 3.61. The van der Waals surface area contributed by atoms with Crippen molar-refractivity contribution in [1.82, 2.24) is 4.98 Å². The van der Waals surface area contributed by atoms with Crippen molar-refractivity contribution in [3.05, 3.63) is 70.6 Å². The van der Waals surface area contributed by atoms with Crippen LogP contribution in [0.25, 0.3) is 17.3 Å². The molecule has 6 heteroatoms. The number of nitriles is 1. The highest BCUT2D eigenvalue weighted by Crippen LogP contribution is 2.32. The topological polar surface area (TPSA) is 75.0 Å². The molecule has 1 heterocycles. The number of hydrogen-bond donors (Lipinski definition) is 1. The van der Waals surface area contributed by atoms with E-state index in [4.69, 9.17) is 4.74 Å². The average Bonchev–Trinajstić information content (AvgIpc) is 3.21. The van der Waals surface area contributed by atoms with Crippen LogP contribution in [0.4, 0.5) is 5.13 Å². The molecule has 0 radical (unpaired) electrons. The van der Waals surface area contributed by atoms with Crippen molar-refractivity contribution >= 4 is 28.5 Å². The first-order valence-corrected chi connectivity index (χ1v) is 10.6. The molecule has 2 aromatic carbocycles. The number of nitrogens with zero attached hydrogens (tertiary/aromatic N) is 2. The fourth-order valence-corrected chi connectivity index (χ4v) is 3.58. The maximum atomic E-state index is 12.6. The van der Waals surface area contributed by atoms with Crippen LogP contribution in [0, 0.1) is 11.3 Å². The van der Waals surface area contributed by atoms with E-state index in [1.54, 1.807) is 6.08 Å². The summed E-state index contributed by atoms with van der Waals surface area (Å²) in [6, 6.07) is 17.4. The Kier molecular flexibility index (Phi) is 6.99. The Hall–Kier alpha value is -3.43. The van der Waals surface area contributed by atoms with E-state index in [1.165, 1.54) is 16.9 Å². The van der Waals surface area contributed by atoms with Gasteiger partial charge in [-0.3, -0.25) is 10.1 Å². The molecule has 0 saturated carbocycles. The molecule has 3 rings (SSSR count). The van der Waals surface area contributed by atoms with Crippen molar-refractivity contribution in [2.24, 2.45) is 0 Å². The van der Waals surface area contributed by atoms with Crippen LogP contribution in [0.5, 0.6) is 5.75 Å². The fourth-order valence-electron chi connectivity index (χ4n) is 2.87. The molecule has 0 atom stereocenters. The first-order valence-electron chi connectivity index (χ1n) is 9.72. The number of carbonyl (C=O) groups excluding carboxylic acids is 1. The Morgan fingerprint density at radius 2 is 1.97 bits per heavy atom. The van der Waals surface area contributed by atoms with Crippen LogP contribution in [0.1, 0.15) is 37.8 Å². The normalized spacial score (nSPS) is 11.2. The van der Waals surface area contributed by atoms with Crippen LogP contribution in [0.2, 0.25) is 0 Å². The summed E-state index contributed by atoms with van der Waals surface area (Å²) >= 11 is 1.30. The predicted octanol–water partition coefficient (Wildman–Crippen LogP) is 5.88. The molecule has 0 aliphatic heterocycles. The number of para-hydroxylation sites is 1. The molecule has 152 valence electrons. The van der Waals surface area contributed by atoms with Gasteiger partial charge in [0.25, 0.3) is 5.91 Å². The van der Waals surface area contributed by atoms with Gasteiger partial charge in [-0.05, 0) is 42.2 Å². The van der Waals surface area contributed by atoms with Crippen molar-refractivity contribution in [3.63, 3.8) is 0 Å². The Labute approximate surface area is 180 Å². The SMILES string of the molecule is CCOc1ccccc1-c1csc(NC(=O)/C(C#N)=C/c2ccc(C(C)C)cc2)n1. The molecule has 0 saturated heterocycles. The Bertz CT molecular complexity index is 1090. The molecule has 0 spiro atoms. The second-order valence-electron chi connectivity index (χ2n) is 6.91. The van der Waals surface area contributed by atoms with Gasteiger partial charge in [-0.15, -0.1) is 11.3 Å². The van der Waals surface area contributed by atoms with Crippen LogP contribution in [-0.4, -0.2) is 17.5 Å². The molecule has 1 amide bonds. The van der Waals surface area contributed by atoms with Crippen LogP contribution in [0.15, 0.2) is 59.5 Å². The largest absolute Gasteiger partial charge is 0.493 e. The molecule has 0 aliphatic rings. The van der Waals surface area contributed by atoms with Gasteiger partial charge in [0.05, 0.1) is 12.3 Å². The molecule has 0 unspecified atom stereocenters. The summed E-state index contributed by atoms with van der Waals surface area (Å²) < 4.78 is 5.65. The van der Waals surface area contributed by atoms with Gasteiger partial charge >= 0.3 is 0 Å².